The summed E-state index contributed by atoms with van der Waals surface area (Å²) in [6.45, 7) is 4.02. The molecule has 1 N–H and O–H groups in total. The van der Waals surface area contributed by atoms with Crippen molar-refractivity contribution < 1.29 is 9.90 Å². The fourth-order valence-electron chi connectivity index (χ4n) is 2.89. The summed E-state index contributed by atoms with van der Waals surface area (Å²) in [4.78, 5) is 13.4. The van der Waals surface area contributed by atoms with E-state index in [0.717, 1.165) is 33.5 Å². The van der Waals surface area contributed by atoms with Gasteiger partial charge in [-0.25, -0.2) is 0 Å². The molecule has 2 aromatic carbocycles. The number of hydrogen-bond acceptors (Lipinski definition) is 2. The molecule has 0 aliphatic carbocycles. The predicted molar refractivity (Wildman–Crippen MR) is 83.5 cm³/mol. The van der Waals surface area contributed by atoms with Crippen LogP contribution < -0.4 is 4.90 Å². The molecule has 21 heavy (non-hydrogen) atoms. The second-order valence-corrected chi connectivity index (χ2v) is 5.78. The van der Waals surface area contributed by atoms with E-state index in [-0.39, 0.29) is 5.91 Å². The first-order chi connectivity index (χ1) is 9.97. The Bertz CT molecular complexity index is 721. The van der Waals surface area contributed by atoms with Gasteiger partial charge in [-0.15, -0.1) is 0 Å². The molecule has 108 valence electrons. The second kappa shape index (κ2) is 5.01. The number of benzene rings is 2. The van der Waals surface area contributed by atoms with E-state index in [4.69, 9.17) is 0 Å². The lowest BCUT2D eigenvalue weighted by Gasteiger charge is -2.17. The third-order valence-corrected chi connectivity index (χ3v) is 4.23. The predicted octanol–water partition coefficient (Wildman–Crippen LogP) is 2.90. The minimum atomic E-state index is -0.656. The molecule has 2 aromatic rings. The summed E-state index contributed by atoms with van der Waals surface area (Å²) >= 11 is 0. The van der Waals surface area contributed by atoms with Gasteiger partial charge in [0.1, 0.15) is 6.10 Å². The van der Waals surface area contributed by atoms with Crippen molar-refractivity contribution in [2.75, 3.05) is 11.9 Å². The van der Waals surface area contributed by atoms with Gasteiger partial charge in [-0.1, -0.05) is 35.9 Å². The molecule has 0 aromatic heterocycles. The van der Waals surface area contributed by atoms with Gasteiger partial charge in [-0.05, 0) is 42.2 Å². The highest BCUT2D eigenvalue weighted by atomic mass is 16.3. The van der Waals surface area contributed by atoms with Crippen molar-refractivity contribution in [3.8, 4) is 0 Å². The number of nitrogens with zero attached hydrogens (tertiary/aromatic N) is 1. The Labute approximate surface area is 124 Å². The minimum absolute atomic E-state index is 0.100. The minimum Gasteiger partial charge on any atom is -0.384 e. The Morgan fingerprint density at radius 1 is 1.14 bits per heavy atom. The summed E-state index contributed by atoms with van der Waals surface area (Å²) in [6, 6.07) is 11.9. The zero-order valence-electron chi connectivity index (χ0n) is 12.6. The Balaban J connectivity index is 2.00. The van der Waals surface area contributed by atoms with Gasteiger partial charge in [0.2, 0.25) is 5.91 Å². The van der Waals surface area contributed by atoms with Crippen LogP contribution in [0.1, 0.15) is 33.9 Å². The van der Waals surface area contributed by atoms with Gasteiger partial charge in [0.05, 0.1) is 6.42 Å². The summed E-state index contributed by atoms with van der Waals surface area (Å²) in [5.74, 6) is 0.100. The van der Waals surface area contributed by atoms with Gasteiger partial charge < -0.3 is 10.0 Å². The Hall–Kier alpha value is -2.13. The first-order valence-corrected chi connectivity index (χ1v) is 7.12. The van der Waals surface area contributed by atoms with E-state index in [1.165, 1.54) is 0 Å². The normalized spacial score (nSPS) is 15.2. The molecular formula is C18H19NO2. The molecule has 1 amide bonds. The first kappa shape index (κ1) is 13.8. The summed E-state index contributed by atoms with van der Waals surface area (Å²) < 4.78 is 0. The van der Waals surface area contributed by atoms with Crippen molar-refractivity contribution >= 4 is 11.6 Å². The van der Waals surface area contributed by atoms with Crippen LogP contribution in [0.2, 0.25) is 0 Å². The Morgan fingerprint density at radius 3 is 2.67 bits per heavy atom. The van der Waals surface area contributed by atoms with Gasteiger partial charge in [0.15, 0.2) is 0 Å². The molecule has 0 fully saturated rings. The number of carbonyl (C=O) groups is 1. The number of aryl methyl sites for hydroxylation is 2. The molecule has 1 atom stereocenters. The molecule has 0 bridgehead atoms. The van der Waals surface area contributed by atoms with E-state index in [1.54, 1.807) is 11.9 Å². The smallest absolute Gasteiger partial charge is 0.231 e. The molecule has 0 radical (unpaired) electrons. The molecule has 1 unspecified atom stereocenters. The van der Waals surface area contributed by atoms with E-state index >= 15 is 0 Å². The van der Waals surface area contributed by atoms with Crippen LogP contribution >= 0.6 is 0 Å². The Kier molecular flexibility index (Phi) is 3.30. The lowest BCUT2D eigenvalue weighted by atomic mass is 9.94. The number of carbonyl (C=O) groups excluding carboxylic acids is 1. The fraction of sp³-hybridized carbons (Fsp3) is 0.278. The number of rotatable bonds is 2. The molecule has 1 aliphatic heterocycles. The topological polar surface area (TPSA) is 40.5 Å². The number of anilines is 1. The fourth-order valence-corrected chi connectivity index (χ4v) is 2.89. The zero-order chi connectivity index (χ0) is 15.1. The third kappa shape index (κ3) is 2.34. The van der Waals surface area contributed by atoms with Crippen molar-refractivity contribution in [2.45, 2.75) is 26.4 Å². The maximum atomic E-state index is 11.7. The largest absolute Gasteiger partial charge is 0.384 e. The molecule has 3 heteroatoms. The molecule has 0 saturated carbocycles. The van der Waals surface area contributed by atoms with Crippen LogP contribution in [-0.2, 0) is 11.2 Å². The quantitative estimate of drug-likeness (QED) is 0.919. The van der Waals surface area contributed by atoms with Gasteiger partial charge in [0.25, 0.3) is 0 Å². The van der Waals surface area contributed by atoms with Crippen LogP contribution in [0.4, 0.5) is 5.69 Å². The van der Waals surface area contributed by atoms with Gasteiger partial charge in [-0.3, -0.25) is 4.79 Å². The summed E-state index contributed by atoms with van der Waals surface area (Å²) in [6.07, 6.45) is -0.240. The summed E-state index contributed by atoms with van der Waals surface area (Å²) in [5.41, 5.74) is 5.90. The molecule has 3 nitrogen and oxygen atoms in total. The van der Waals surface area contributed by atoms with Crippen molar-refractivity contribution in [3.63, 3.8) is 0 Å². The molecular weight excluding hydrogens is 262 g/mol. The van der Waals surface area contributed by atoms with Crippen molar-refractivity contribution in [2.24, 2.45) is 0 Å². The zero-order valence-corrected chi connectivity index (χ0v) is 12.6. The molecule has 3 rings (SSSR count). The van der Waals surface area contributed by atoms with E-state index in [0.29, 0.717) is 6.42 Å². The molecule has 1 heterocycles. The third-order valence-electron chi connectivity index (χ3n) is 4.23. The first-order valence-electron chi connectivity index (χ1n) is 7.12. The maximum Gasteiger partial charge on any atom is 0.231 e. The van der Waals surface area contributed by atoms with E-state index < -0.39 is 6.10 Å². The summed E-state index contributed by atoms with van der Waals surface area (Å²) in [5, 5.41) is 10.7. The SMILES string of the molecule is Cc1ccc(C)c(C(O)c2ccc3c(c2)CC(=O)N3C)c1. The second-order valence-electron chi connectivity index (χ2n) is 5.78. The van der Waals surface area contributed by atoms with Crippen molar-refractivity contribution in [1.82, 2.24) is 0 Å². The highest BCUT2D eigenvalue weighted by Crippen LogP contribution is 2.33. The van der Waals surface area contributed by atoms with Crippen molar-refractivity contribution in [1.29, 1.82) is 0 Å². The lowest BCUT2D eigenvalue weighted by molar-refractivity contribution is -0.117. The van der Waals surface area contributed by atoms with Crippen LogP contribution in [0.25, 0.3) is 0 Å². The number of amides is 1. The number of aliphatic hydroxyl groups is 1. The van der Waals surface area contributed by atoms with E-state index in [1.807, 2.05) is 50.2 Å². The van der Waals surface area contributed by atoms with Crippen LogP contribution in [0.15, 0.2) is 36.4 Å². The lowest BCUT2D eigenvalue weighted by Crippen LogP contribution is -2.20. The van der Waals surface area contributed by atoms with Crippen LogP contribution in [0.3, 0.4) is 0 Å². The van der Waals surface area contributed by atoms with E-state index in [9.17, 15) is 9.90 Å². The molecule has 0 saturated heterocycles. The standard InChI is InChI=1S/C18H19NO2/c1-11-4-5-12(2)15(8-11)18(21)13-6-7-16-14(9-13)10-17(20)19(16)3/h4-9,18,21H,10H2,1-3H3. The average molecular weight is 281 g/mol. The number of fused-ring (bicyclic) bond motifs is 1. The highest BCUT2D eigenvalue weighted by Gasteiger charge is 2.25. The number of hydrogen-bond donors (Lipinski definition) is 1. The maximum absolute atomic E-state index is 11.7. The number of likely N-dealkylation sites (N-methyl/N-ethyl adjacent to an activating group) is 1. The number of aliphatic hydroxyl groups excluding tert-OH is 1. The van der Waals surface area contributed by atoms with Gasteiger partial charge in [0, 0.05) is 12.7 Å². The van der Waals surface area contributed by atoms with Crippen molar-refractivity contribution in [3.05, 3.63) is 64.2 Å². The van der Waals surface area contributed by atoms with Crippen LogP contribution in [0.5, 0.6) is 0 Å². The van der Waals surface area contributed by atoms with E-state index in [2.05, 4.69) is 0 Å². The van der Waals surface area contributed by atoms with Crippen LogP contribution in [-0.4, -0.2) is 18.1 Å². The van der Waals surface area contributed by atoms with Gasteiger partial charge in [-0.2, -0.15) is 0 Å². The average Bonchev–Trinajstić information content (AvgIpc) is 2.75. The molecule has 0 spiro atoms. The van der Waals surface area contributed by atoms with Gasteiger partial charge >= 0.3 is 0 Å². The highest BCUT2D eigenvalue weighted by molar-refractivity contribution is 6.00. The Morgan fingerprint density at radius 2 is 1.90 bits per heavy atom. The van der Waals surface area contributed by atoms with Crippen LogP contribution in [0, 0.1) is 13.8 Å². The summed E-state index contributed by atoms with van der Waals surface area (Å²) in [7, 11) is 1.79. The monoisotopic (exact) mass is 281 g/mol. The molecule has 1 aliphatic rings.